The number of nitrogens with one attached hydrogen (secondary N) is 1. The number of rotatable bonds is 4. The maximum atomic E-state index is 11.5. The molecule has 6 nitrogen and oxygen atoms in total. The first-order valence-corrected chi connectivity index (χ1v) is 5.57. The van der Waals surface area contributed by atoms with Gasteiger partial charge in [0, 0.05) is 12.6 Å². The molecule has 94 valence electrons. The number of ether oxygens (including phenoxy) is 1. The Morgan fingerprint density at radius 1 is 1.71 bits per heavy atom. The number of hydrogen-bond acceptors (Lipinski definition) is 5. The first-order valence-electron chi connectivity index (χ1n) is 5.57. The molecule has 1 amide bonds. The second-order valence-electron chi connectivity index (χ2n) is 4.16. The van der Waals surface area contributed by atoms with Crippen molar-refractivity contribution in [1.82, 2.24) is 10.3 Å². The summed E-state index contributed by atoms with van der Waals surface area (Å²) in [6.07, 6.45) is 2.51. The lowest BCUT2D eigenvalue weighted by atomic mass is 10.2. The molecule has 0 saturated carbocycles. The number of nitrogens with zero attached hydrogens (tertiary/aromatic N) is 1. The van der Waals surface area contributed by atoms with E-state index in [0.717, 1.165) is 19.6 Å². The Labute approximate surface area is 99.7 Å². The van der Waals surface area contributed by atoms with E-state index in [1.165, 1.54) is 6.26 Å². The third kappa shape index (κ3) is 2.66. The van der Waals surface area contributed by atoms with Crippen LogP contribution in [-0.2, 0) is 11.3 Å². The number of carbonyl (C=O) groups is 1. The highest BCUT2D eigenvalue weighted by Gasteiger charge is 2.23. The van der Waals surface area contributed by atoms with Crippen LogP contribution in [0, 0.1) is 0 Å². The summed E-state index contributed by atoms with van der Waals surface area (Å²) in [6, 6.07) is 2.00. The standard InChI is InChI=1S/C11H17N3O3/c1-14(8-2-4-16-7-8)6-10-9(3-5-17-10)11(15)13-12/h3,5,8H,2,4,6-7,12H2,1H3,(H,13,15). The molecule has 3 N–H and O–H groups in total. The zero-order chi connectivity index (χ0) is 12.3. The maximum absolute atomic E-state index is 11.5. The molecule has 0 bridgehead atoms. The van der Waals surface area contributed by atoms with Crippen LogP contribution in [-0.4, -0.2) is 37.1 Å². The van der Waals surface area contributed by atoms with Crippen molar-refractivity contribution in [1.29, 1.82) is 0 Å². The van der Waals surface area contributed by atoms with Crippen molar-refractivity contribution in [3.05, 3.63) is 23.7 Å². The molecule has 0 spiro atoms. The number of hydrazine groups is 1. The predicted octanol–water partition coefficient (Wildman–Crippen LogP) is 0.104. The third-order valence-corrected chi connectivity index (χ3v) is 3.04. The van der Waals surface area contributed by atoms with Crippen LogP contribution in [0.1, 0.15) is 22.5 Å². The average Bonchev–Trinajstić information content (AvgIpc) is 2.98. The number of likely N-dealkylation sites (N-methyl/N-ethyl adjacent to an activating group) is 1. The number of nitrogens with two attached hydrogens (primary N) is 1. The molecule has 1 aromatic rings. The molecule has 1 fully saturated rings. The van der Waals surface area contributed by atoms with Gasteiger partial charge in [-0.3, -0.25) is 15.1 Å². The topological polar surface area (TPSA) is 80.7 Å². The van der Waals surface area contributed by atoms with Gasteiger partial charge in [-0.1, -0.05) is 0 Å². The predicted molar refractivity (Wildman–Crippen MR) is 61.1 cm³/mol. The Morgan fingerprint density at radius 3 is 3.18 bits per heavy atom. The van der Waals surface area contributed by atoms with E-state index in [0.29, 0.717) is 23.9 Å². The van der Waals surface area contributed by atoms with Crippen molar-refractivity contribution in [2.24, 2.45) is 5.84 Å². The quantitative estimate of drug-likeness (QED) is 0.442. The number of amides is 1. The van der Waals surface area contributed by atoms with Gasteiger partial charge >= 0.3 is 0 Å². The highest BCUT2D eigenvalue weighted by atomic mass is 16.5. The zero-order valence-electron chi connectivity index (χ0n) is 9.81. The molecular formula is C11H17N3O3. The molecule has 2 heterocycles. The SMILES string of the molecule is CN(Cc1occc1C(=O)NN)C1CCOC1. The van der Waals surface area contributed by atoms with Gasteiger partial charge < -0.3 is 9.15 Å². The summed E-state index contributed by atoms with van der Waals surface area (Å²) in [5.74, 6) is 5.41. The number of furan rings is 1. The minimum atomic E-state index is -0.329. The first kappa shape index (κ1) is 12.1. The zero-order valence-corrected chi connectivity index (χ0v) is 9.81. The monoisotopic (exact) mass is 239 g/mol. The van der Waals surface area contributed by atoms with Crippen molar-refractivity contribution in [3.63, 3.8) is 0 Å². The van der Waals surface area contributed by atoms with Crippen LogP contribution in [0.25, 0.3) is 0 Å². The van der Waals surface area contributed by atoms with E-state index in [-0.39, 0.29) is 5.91 Å². The van der Waals surface area contributed by atoms with Crippen LogP contribution in [0.4, 0.5) is 0 Å². The average molecular weight is 239 g/mol. The number of nitrogen functional groups attached to an aromatic ring is 1. The summed E-state index contributed by atoms with van der Waals surface area (Å²) in [5.41, 5.74) is 2.59. The van der Waals surface area contributed by atoms with Gasteiger partial charge in [0.15, 0.2) is 0 Å². The molecule has 17 heavy (non-hydrogen) atoms. The van der Waals surface area contributed by atoms with E-state index in [1.807, 2.05) is 7.05 Å². The summed E-state index contributed by atoms with van der Waals surface area (Å²) < 4.78 is 10.6. The molecular weight excluding hydrogens is 222 g/mol. The normalized spacial score (nSPS) is 19.8. The van der Waals surface area contributed by atoms with E-state index in [1.54, 1.807) is 6.07 Å². The highest BCUT2D eigenvalue weighted by molar-refractivity contribution is 5.94. The van der Waals surface area contributed by atoms with Gasteiger partial charge in [0.25, 0.3) is 5.91 Å². The van der Waals surface area contributed by atoms with Gasteiger partial charge in [0.2, 0.25) is 0 Å². The van der Waals surface area contributed by atoms with Crippen LogP contribution in [0.15, 0.2) is 16.7 Å². The van der Waals surface area contributed by atoms with Gasteiger partial charge in [-0.2, -0.15) is 0 Å². The van der Waals surface area contributed by atoms with Crippen LogP contribution in [0.3, 0.4) is 0 Å². The smallest absolute Gasteiger partial charge is 0.268 e. The Morgan fingerprint density at radius 2 is 2.53 bits per heavy atom. The molecule has 1 saturated heterocycles. The second-order valence-corrected chi connectivity index (χ2v) is 4.16. The summed E-state index contributed by atoms with van der Waals surface area (Å²) in [6.45, 7) is 2.10. The second kappa shape index (κ2) is 5.31. The highest BCUT2D eigenvalue weighted by Crippen LogP contribution is 2.17. The molecule has 1 aliphatic heterocycles. The fourth-order valence-electron chi connectivity index (χ4n) is 1.97. The summed E-state index contributed by atoms with van der Waals surface area (Å²) >= 11 is 0. The molecule has 0 aliphatic carbocycles. The fourth-order valence-corrected chi connectivity index (χ4v) is 1.97. The third-order valence-electron chi connectivity index (χ3n) is 3.04. The van der Waals surface area contributed by atoms with Crippen molar-refractivity contribution in [2.75, 3.05) is 20.3 Å². The van der Waals surface area contributed by atoms with Gasteiger partial charge in [-0.25, -0.2) is 5.84 Å². The van der Waals surface area contributed by atoms with Crippen molar-refractivity contribution in [3.8, 4) is 0 Å². The molecule has 0 aromatic carbocycles. The summed E-state index contributed by atoms with van der Waals surface area (Å²) in [4.78, 5) is 13.6. The Balaban J connectivity index is 2.02. The lowest BCUT2D eigenvalue weighted by Crippen LogP contribution is -2.33. The van der Waals surface area contributed by atoms with Gasteiger partial charge in [0.1, 0.15) is 5.76 Å². The Bertz CT molecular complexity index is 385. The van der Waals surface area contributed by atoms with Gasteiger partial charge in [0.05, 0.1) is 25.0 Å². The van der Waals surface area contributed by atoms with E-state index < -0.39 is 0 Å². The maximum Gasteiger partial charge on any atom is 0.268 e. The lowest BCUT2D eigenvalue weighted by molar-refractivity contribution is 0.0949. The van der Waals surface area contributed by atoms with Gasteiger partial charge in [-0.05, 0) is 19.5 Å². The van der Waals surface area contributed by atoms with Crippen LogP contribution in [0.2, 0.25) is 0 Å². The van der Waals surface area contributed by atoms with E-state index >= 15 is 0 Å². The number of carbonyl (C=O) groups excluding carboxylic acids is 1. The van der Waals surface area contributed by atoms with Crippen molar-refractivity contribution >= 4 is 5.91 Å². The largest absolute Gasteiger partial charge is 0.467 e. The Kier molecular flexibility index (Phi) is 3.78. The molecule has 6 heteroatoms. The summed E-state index contributed by atoms with van der Waals surface area (Å²) in [7, 11) is 1.99. The minimum absolute atomic E-state index is 0.329. The van der Waals surface area contributed by atoms with Crippen LogP contribution < -0.4 is 11.3 Å². The molecule has 1 atom stereocenters. The Hall–Kier alpha value is -1.37. The van der Waals surface area contributed by atoms with Crippen molar-refractivity contribution in [2.45, 2.75) is 19.0 Å². The molecule has 1 aliphatic rings. The summed E-state index contributed by atoms with van der Waals surface area (Å²) in [5, 5.41) is 0. The van der Waals surface area contributed by atoms with Gasteiger partial charge in [-0.15, -0.1) is 0 Å². The molecule has 1 unspecified atom stereocenters. The van der Waals surface area contributed by atoms with E-state index in [2.05, 4.69) is 10.3 Å². The molecule has 0 radical (unpaired) electrons. The number of hydrogen-bond donors (Lipinski definition) is 2. The molecule has 2 rings (SSSR count). The molecule has 1 aromatic heterocycles. The van der Waals surface area contributed by atoms with Crippen molar-refractivity contribution < 1.29 is 13.9 Å². The van der Waals surface area contributed by atoms with Crippen LogP contribution >= 0.6 is 0 Å². The van der Waals surface area contributed by atoms with Crippen LogP contribution in [0.5, 0.6) is 0 Å². The lowest BCUT2D eigenvalue weighted by Gasteiger charge is -2.21. The van der Waals surface area contributed by atoms with E-state index in [9.17, 15) is 4.79 Å². The first-order chi connectivity index (χ1) is 8.22. The minimum Gasteiger partial charge on any atom is -0.467 e. The van der Waals surface area contributed by atoms with E-state index in [4.69, 9.17) is 15.0 Å². The fraction of sp³-hybridized carbons (Fsp3) is 0.545.